The van der Waals surface area contributed by atoms with E-state index in [4.69, 9.17) is 22.1 Å². The lowest BCUT2D eigenvalue weighted by molar-refractivity contribution is 0.117. The van der Waals surface area contributed by atoms with Crippen LogP contribution in [0.1, 0.15) is 0 Å². The maximum Gasteiger partial charge on any atom is 0.223 e. The summed E-state index contributed by atoms with van der Waals surface area (Å²) >= 11 is 5.75. The van der Waals surface area contributed by atoms with Crippen LogP contribution in [0.3, 0.4) is 0 Å². The quantitative estimate of drug-likeness (QED) is 0.700. The van der Waals surface area contributed by atoms with Crippen molar-refractivity contribution in [3.05, 3.63) is 41.6 Å². The van der Waals surface area contributed by atoms with Crippen LogP contribution >= 0.6 is 11.6 Å². The number of aliphatic hydroxyl groups excluding tert-OH is 1. The molecule has 0 fully saturated rings. The van der Waals surface area contributed by atoms with Crippen molar-refractivity contribution in [3.63, 3.8) is 0 Å². The number of nitrogens with two attached hydrogens (primary N) is 1. The minimum Gasteiger partial charge on any atom is -0.491 e. The zero-order chi connectivity index (χ0) is 14.4. The summed E-state index contributed by atoms with van der Waals surface area (Å²) in [7, 11) is 0. The molecular weight excluding hydrogens is 280 g/mol. The molecule has 0 aliphatic carbocycles. The fourth-order valence-corrected chi connectivity index (χ4v) is 1.71. The van der Waals surface area contributed by atoms with Crippen molar-refractivity contribution in [2.24, 2.45) is 0 Å². The van der Waals surface area contributed by atoms with Gasteiger partial charge in [0.15, 0.2) is 0 Å². The standard InChI is InChI=1S/C13H15ClN4O2/c14-11-6-12(18-13(15)17-11)16-7-9(19)8-20-10-4-2-1-3-5-10/h1-6,9,19H,7-8H2,(H3,15,16,17,18). The fourth-order valence-electron chi connectivity index (χ4n) is 1.52. The third-order valence-electron chi connectivity index (χ3n) is 2.42. The van der Waals surface area contributed by atoms with E-state index in [1.807, 2.05) is 30.3 Å². The molecular formula is C13H15ClN4O2. The molecule has 106 valence electrons. The van der Waals surface area contributed by atoms with E-state index in [0.29, 0.717) is 11.6 Å². The van der Waals surface area contributed by atoms with Crippen LogP contribution in [-0.4, -0.2) is 34.3 Å². The van der Waals surface area contributed by atoms with Gasteiger partial charge in [0.2, 0.25) is 5.95 Å². The van der Waals surface area contributed by atoms with E-state index in [0.717, 1.165) is 0 Å². The zero-order valence-corrected chi connectivity index (χ0v) is 11.4. The third kappa shape index (κ3) is 4.56. The largest absolute Gasteiger partial charge is 0.491 e. The van der Waals surface area contributed by atoms with Gasteiger partial charge in [0.25, 0.3) is 0 Å². The lowest BCUT2D eigenvalue weighted by Crippen LogP contribution is -2.26. The predicted octanol–water partition coefficient (Wildman–Crippen LogP) is 1.56. The minimum absolute atomic E-state index is 0.0787. The summed E-state index contributed by atoms with van der Waals surface area (Å²) in [5, 5.41) is 13.0. The molecule has 1 unspecified atom stereocenters. The summed E-state index contributed by atoms with van der Waals surface area (Å²) in [6, 6.07) is 10.8. The van der Waals surface area contributed by atoms with Crippen molar-refractivity contribution in [3.8, 4) is 5.75 Å². The van der Waals surface area contributed by atoms with Gasteiger partial charge in [0.05, 0.1) is 0 Å². The van der Waals surface area contributed by atoms with Gasteiger partial charge in [-0.05, 0) is 12.1 Å². The Kier molecular flexibility index (Phi) is 4.97. The summed E-state index contributed by atoms with van der Waals surface area (Å²) in [5.41, 5.74) is 5.47. The number of anilines is 2. The second-order valence-electron chi connectivity index (χ2n) is 4.09. The van der Waals surface area contributed by atoms with Crippen LogP contribution in [0.2, 0.25) is 5.15 Å². The first-order valence-electron chi connectivity index (χ1n) is 6.03. The Bertz CT molecular complexity index is 533. The highest BCUT2D eigenvalue weighted by molar-refractivity contribution is 6.29. The van der Waals surface area contributed by atoms with Crippen molar-refractivity contribution in [1.29, 1.82) is 0 Å². The molecule has 0 amide bonds. The van der Waals surface area contributed by atoms with Gasteiger partial charge >= 0.3 is 0 Å². The summed E-state index contributed by atoms with van der Waals surface area (Å²) in [6.07, 6.45) is -0.690. The molecule has 2 rings (SSSR count). The summed E-state index contributed by atoms with van der Waals surface area (Å²) < 4.78 is 5.43. The SMILES string of the molecule is Nc1nc(Cl)cc(NCC(O)COc2ccccc2)n1. The lowest BCUT2D eigenvalue weighted by atomic mass is 10.3. The van der Waals surface area contributed by atoms with E-state index >= 15 is 0 Å². The molecule has 20 heavy (non-hydrogen) atoms. The van der Waals surface area contributed by atoms with Crippen molar-refractivity contribution in [2.75, 3.05) is 24.2 Å². The Labute approximate surface area is 121 Å². The highest BCUT2D eigenvalue weighted by Gasteiger charge is 2.07. The van der Waals surface area contributed by atoms with Gasteiger partial charge in [-0.2, -0.15) is 4.98 Å². The first-order valence-corrected chi connectivity index (χ1v) is 6.41. The number of aliphatic hydroxyl groups is 1. The first kappa shape index (κ1) is 14.4. The van der Waals surface area contributed by atoms with Gasteiger partial charge in [-0.15, -0.1) is 0 Å². The topological polar surface area (TPSA) is 93.3 Å². The minimum atomic E-state index is -0.690. The maximum absolute atomic E-state index is 9.82. The molecule has 0 aliphatic rings. The average Bonchev–Trinajstić information content (AvgIpc) is 2.43. The molecule has 7 heteroatoms. The van der Waals surface area contributed by atoms with E-state index in [1.165, 1.54) is 6.07 Å². The van der Waals surface area contributed by atoms with Gasteiger partial charge in [0.1, 0.15) is 29.4 Å². The van der Waals surface area contributed by atoms with Gasteiger partial charge in [-0.3, -0.25) is 0 Å². The molecule has 1 heterocycles. The number of hydrogen-bond acceptors (Lipinski definition) is 6. The maximum atomic E-state index is 9.82. The number of benzene rings is 1. The van der Waals surface area contributed by atoms with E-state index in [1.54, 1.807) is 0 Å². The van der Waals surface area contributed by atoms with Crippen molar-refractivity contribution < 1.29 is 9.84 Å². The predicted molar refractivity (Wildman–Crippen MR) is 77.9 cm³/mol. The monoisotopic (exact) mass is 294 g/mol. The second kappa shape index (κ2) is 6.93. The van der Waals surface area contributed by atoms with Gasteiger partial charge < -0.3 is 20.9 Å². The lowest BCUT2D eigenvalue weighted by Gasteiger charge is -2.13. The Hall–Kier alpha value is -2.05. The average molecular weight is 295 g/mol. The highest BCUT2D eigenvalue weighted by atomic mass is 35.5. The number of nitrogens with zero attached hydrogens (tertiary/aromatic N) is 2. The Morgan fingerprint density at radius 1 is 1.30 bits per heavy atom. The van der Waals surface area contributed by atoms with Crippen LogP contribution in [0.25, 0.3) is 0 Å². The van der Waals surface area contributed by atoms with Crippen molar-refractivity contribution in [2.45, 2.75) is 6.10 Å². The highest BCUT2D eigenvalue weighted by Crippen LogP contribution is 2.12. The van der Waals surface area contributed by atoms with Crippen LogP contribution in [0.5, 0.6) is 5.75 Å². The number of aromatic nitrogens is 2. The number of para-hydroxylation sites is 1. The molecule has 0 radical (unpaired) electrons. The number of rotatable bonds is 6. The number of nitrogen functional groups attached to an aromatic ring is 1. The number of nitrogens with one attached hydrogen (secondary N) is 1. The Balaban J connectivity index is 1.78. The number of halogens is 1. The van der Waals surface area contributed by atoms with Crippen LogP contribution in [-0.2, 0) is 0 Å². The first-order chi connectivity index (χ1) is 9.63. The number of ether oxygens (including phenoxy) is 1. The van der Waals surface area contributed by atoms with Crippen molar-refractivity contribution in [1.82, 2.24) is 9.97 Å². The summed E-state index contributed by atoms with van der Waals surface area (Å²) in [4.78, 5) is 7.69. The molecule has 1 aromatic carbocycles. The van der Waals surface area contributed by atoms with Crippen molar-refractivity contribution >= 4 is 23.4 Å². The van der Waals surface area contributed by atoms with E-state index in [9.17, 15) is 5.11 Å². The van der Waals surface area contributed by atoms with Crippen LogP contribution in [0.4, 0.5) is 11.8 Å². The zero-order valence-electron chi connectivity index (χ0n) is 10.7. The molecule has 1 aromatic heterocycles. The number of hydrogen-bond donors (Lipinski definition) is 3. The molecule has 0 aliphatic heterocycles. The molecule has 0 saturated carbocycles. The molecule has 2 aromatic rings. The summed E-state index contributed by atoms with van der Waals surface area (Å²) in [6.45, 7) is 0.435. The van der Waals surface area contributed by atoms with E-state index < -0.39 is 6.10 Å². The fraction of sp³-hybridized carbons (Fsp3) is 0.231. The smallest absolute Gasteiger partial charge is 0.223 e. The Morgan fingerprint density at radius 3 is 2.75 bits per heavy atom. The van der Waals surface area contributed by atoms with Gasteiger partial charge in [-0.1, -0.05) is 29.8 Å². The third-order valence-corrected chi connectivity index (χ3v) is 2.61. The van der Waals surface area contributed by atoms with Gasteiger partial charge in [0, 0.05) is 12.6 Å². The second-order valence-corrected chi connectivity index (χ2v) is 4.48. The van der Waals surface area contributed by atoms with Gasteiger partial charge in [-0.25, -0.2) is 4.98 Å². The molecule has 4 N–H and O–H groups in total. The van der Waals surface area contributed by atoms with Crippen LogP contribution in [0.15, 0.2) is 36.4 Å². The molecule has 0 spiro atoms. The molecule has 0 saturated heterocycles. The molecule has 1 atom stereocenters. The van der Waals surface area contributed by atoms with Crippen LogP contribution in [0, 0.1) is 0 Å². The molecule has 0 bridgehead atoms. The van der Waals surface area contributed by atoms with Crippen LogP contribution < -0.4 is 15.8 Å². The Morgan fingerprint density at radius 2 is 2.05 bits per heavy atom. The van der Waals surface area contributed by atoms with E-state index in [2.05, 4.69) is 15.3 Å². The normalized spacial score (nSPS) is 11.9. The molecule has 6 nitrogen and oxygen atoms in total. The van der Waals surface area contributed by atoms with E-state index in [-0.39, 0.29) is 24.3 Å². The summed E-state index contributed by atoms with van der Waals surface area (Å²) in [5.74, 6) is 1.25.